The lowest BCUT2D eigenvalue weighted by Crippen LogP contribution is -2.26. The highest BCUT2D eigenvalue weighted by atomic mass is 32.1. The molecule has 0 radical (unpaired) electrons. The molecule has 2 heterocycles. The predicted molar refractivity (Wildman–Crippen MR) is 77.4 cm³/mol. The minimum Gasteiger partial charge on any atom is -0.465 e. The molecule has 4 nitrogen and oxygen atoms in total. The lowest BCUT2D eigenvalue weighted by molar-refractivity contribution is -0.144. The quantitative estimate of drug-likeness (QED) is 0.804. The molecule has 0 amide bonds. The van der Waals surface area contributed by atoms with Crippen molar-refractivity contribution >= 4 is 29.3 Å². The summed E-state index contributed by atoms with van der Waals surface area (Å²) in [7, 11) is 0. The lowest BCUT2D eigenvalue weighted by Gasteiger charge is -2.17. The second kappa shape index (κ2) is 4.98. The summed E-state index contributed by atoms with van der Waals surface area (Å²) in [6, 6.07) is 0. The first-order valence-corrected chi connectivity index (χ1v) is 7.63. The van der Waals surface area contributed by atoms with E-state index in [9.17, 15) is 9.59 Å². The molecule has 2 aliphatic rings. The largest absolute Gasteiger partial charge is 0.465 e. The van der Waals surface area contributed by atoms with Gasteiger partial charge in [-0.3, -0.25) is 14.6 Å². The lowest BCUT2D eigenvalue weighted by atomic mass is 9.85. The van der Waals surface area contributed by atoms with Crippen LogP contribution in [0.2, 0.25) is 0 Å². The molecule has 1 aromatic rings. The van der Waals surface area contributed by atoms with Gasteiger partial charge in [0.15, 0.2) is 5.78 Å². The monoisotopic (exact) mass is 289 g/mol. The van der Waals surface area contributed by atoms with Crippen molar-refractivity contribution in [1.82, 2.24) is 0 Å². The molecule has 1 aromatic heterocycles. The number of hydrogen-bond acceptors (Lipinski definition) is 5. The van der Waals surface area contributed by atoms with Gasteiger partial charge in [-0.15, -0.1) is 11.3 Å². The molecule has 0 spiro atoms. The number of carbonyl (C=O) groups is 2. The molecule has 0 fully saturated rings. The number of fused-ring (bicyclic) bond motifs is 1. The van der Waals surface area contributed by atoms with Crippen LogP contribution < -0.4 is 0 Å². The Morgan fingerprint density at radius 3 is 3.00 bits per heavy atom. The van der Waals surface area contributed by atoms with Crippen molar-refractivity contribution in [2.45, 2.75) is 26.7 Å². The SMILES string of the molecule is CCOC(=O)C1C=NC2=C1C(=O)c1c(CC)csc1C2. The maximum Gasteiger partial charge on any atom is 0.319 e. The highest BCUT2D eigenvalue weighted by Gasteiger charge is 2.39. The van der Waals surface area contributed by atoms with Crippen molar-refractivity contribution < 1.29 is 14.3 Å². The van der Waals surface area contributed by atoms with Gasteiger partial charge in [-0.05, 0) is 24.3 Å². The molecule has 0 saturated heterocycles. The molecule has 20 heavy (non-hydrogen) atoms. The average molecular weight is 289 g/mol. The zero-order chi connectivity index (χ0) is 14.3. The fourth-order valence-electron chi connectivity index (χ4n) is 2.70. The van der Waals surface area contributed by atoms with E-state index in [4.69, 9.17) is 4.74 Å². The van der Waals surface area contributed by atoms with E-state index in [0.717, 1.165) is 28.1 Å². The van der Waals surface area contributed by atoms with Crippen molar-refractivity contribution in [1.29, 1.82) is 0 Å². The Hall–Kier alpha value is -1.75. The molecular formula is C15H15NO3S. The highest BCUT2D eigenvalue weighted by Crippen LogP contribution is 2.38. The summed E-state index contributed by atoms with van der Waals surface area (Å²) in [5.41, 5.74) is 3.10. The van der Waals surface area contributed by atoms with Crippen LogP contribution in [0.15, 0.2) is 21.6 Å². The van der Waals surface area contributed by atoms with Crippen molar-refractivity contribution in [2.24, 2.45) is 10.9 Å². The first-order valence-electron chi connectivity index (χ1n) is 6.75. The number of esters is 1. The van der Waals surface area contributed by atoms with Crippen molar-refractivity contribution in [2.75, 3.05) is 6.61 Å². The Bertz CT molecular complexity index is 654. The van der Waals surface area contributed by atoms with E-state index in [2.05, 4.69) is 4.99 Å². The Morgan fingerprint density at radius 1 is 1.50 bits per heavy atom. The van der Waals surface area contributed by atoms with Gasteiger partial charge in [-0.1, -0.05) is 6.92 Å². The summed E-state index contributed by atoms with van der Waals surface area (Å²) in [6.07, 6.45) is 3.02. The summed E-state index contributed by atoms with van der Waals surface area (Å²) in [4.78, 5) is 30.0. The number of allylic oxidation sites excluding steroid dienone is 1. The zero-order valence-corrected chi connectivity index (χ0v) is 12.3. The molecule has 1 aliphatic heterocycles. The van der Waals surface area contributed by atoms with Gasteiger partial charge in [0.2, 0.25) is 0 Å². The standard InChI is InChI=1S/C15H15NO3S/c1-3-8-7-20-11-5-10-13(14(17)12(8)11)9(6-16-10)15(18)19-4-2/h6-7,9H,3-5H2,1-2H3. The predicted octanol–water partition coefficient (Wildman–Crippen LogP) is 2.57. The smallest absolute Gasteiger partial charge is 0.319 e. The molecule has 0 saturated carbocycles. The Balaban J connectivity index is 1.99. The van der Waals surface area contributed by atoms with Crippen LogP contribution in [0.1, 0.15) is 34.6 Å². The molecule has 0 N–H and O–H groups in total. The number of ketones is 1. The number of ether oxygens (including phenoxy) is 1. The second-order valence-electron chi connectivity index (χ2n) is 4.79. The van der Waals surface area contributed by atoms with Crippen LogP contribution in [0.25, 0.3) is 0 Å². The van der Waals surface area contributed by atoms with E-state index in [1.807, 2.05) is 12.3 Å². The van der Waals surface area contributed by atoms with Crippen LogP contribution in [-0.2, 0) is 22.4 Å². The van der Waals surface area contributed by atoms with Gasteiger partial charge < -0.3 is 4.74 Å². The summed E-state index contributed by atoms with van der Waals surface area (Å²) in [6.45, 7) is 4.10. The van der Waals surface area contributed by atoms with Crippen LogP contribution in [0.3, 0.4) is 0 Å². The third kappa shape index (κ3) is 1.85. The van der Waals surface area contributed by atoms with Crippen molar-refractivity contribution in [3.05, 3.63) is 32.7 Å². The van der Waals surface area contributed by atoms with E-state index in [-0.39, 0.29) is 11.8 Å². The second-order valence-corrected chi connectivity index (χ2v) is 5.75. The van der Waals surface area contributed by atoms with Gasteiger partial charge in [0.05, 0.1) is 12.3 Å². The minimum absolute atomic E-state index is 0.0464. The number of thiophene rings is 1. The Kier molecular flexibility index (Phi) is 3.30. The van der Waals surface area contributed by atoms with Gasteiger partial charge >= 0.3 is 5.97 Å². The number of carbonyl (C=O) groups excluding carboxylic acids is 2. The minimum atomic E-state index is -0.629. The van der Waals surface area contributed by atoms with Gasteiger partial charge in [-0.25, -0.2) is 0 Å². The first-order chi connectivity index (χ1) is 9.67. The van der Waals surface area contributed by atoms with Crippen LogP contribution >= 0.6 is 11.3 Å². The maximum absolute atomic E-state index is 12.7. The van der Waals surface area contributed by atoms with Crippen LogP contribution in [0.4, 0.5) is 0 Å². The number of nitrogens with zero attached hydrogens (tertiary/aromatic N) is 1. The molecule has 1 atom stereocenters. The Labute approximate surface area is 121 Å². The van der Waals surface area contributed by atoms with E-state index >= 15 is 0 Å². The van der Waals surface area contributed by atoms with E-state index in [1.165, 1.54) is 0 Å². The molecule has 1 unspecified atom stereocenters. The van der Waals surface area contributed by atoms with Crippen LogP contribution in [0.5, 0.6) is 0 Å². The van der Waals surface area contributed by atoms with E-state index in [1.54, 1.807) is 24.5 Å². The average Bonchev–Trinajstić information content (AvgIpc) is 3.03. The maximum atomic E-state index is 12.7. The molecule has 1 aliphatic carbocycles. The summed E-state index contributed by atoms with van der Waals surface area (Å²) >= 11 is 1.60. The summed E-state index contributed by atoms with van der Waals surface area (Å²) in [5, 5.41) is 2.04. The number of hydrogen-bond donors (Lipinski definition) is 0. The number of aliphatic imine (C=N–C) groups is 1. The van der Waals surface area contributed by atoms with Crippen LogP contribution in [0, 0.1) is 5.92 Å². The number of Topliss-reactive ketones (excluding diaryl/α,β-unsaturated/α-hetero) is 1. The molecule has 5 heteroatoms. The third-order valence-corrected chi connectivity index (χ3v) is 4.70. The molecule has 0 aromatic carbocycles. The van der Waals surface area contributed by atoms with Gasteiger partial charge in [0, 0.05) is 28.6 Å². The fourth-order valence-corrected chi connectivity index (χ4v) is 3.83. The fraction of sp³-hybridized carbons (Fsp3) is 0.400. The number of rotatable bonds is 3. The Morgan fingerprint density at radius 2 is 2.30 bits per heavy atom. The molecular weight excluding hydrogens is 274 g/mol. The molecule has 0 bridgehead atoms. The summed E-state index contributed by atoms with van der Waals surface area (Å²) < 4.78 is 5.04. The van der Waals surface area contributed by atoms with Gasteiger partial charge in [-0.2, -0.15) is 0 Å². The van der Waals surface area contributed by atoms with Gasteiger partial charge in [0.1, 0.15) is 5.92 Å². The van der Waals surface area contributed by atoms with Gasteiger partial charge in [0.25, 0.3) is 0 Å². The van der Waals surface area contributed by atoms with E-state index in [0.29, 0.717) is 18.6 Å². The van der Waals surface area contributed by atoms with Crippen LogP contribution in [-0.4, -0.2) is 24.6 Å². The van der Waals surface area contributed by atoms with E-state index < -0.39 is 5.92 Å². The zero-order valence-electron chi connectivity index (χ0n) is 11.4. The summed E-state index contributed by atoms with van der Waals surface area (Å²) in [5.74, 6) is -1.06. The number of aryl methyl sites for hydroxylation is 1. The third-order valence-electron chi connectivity index (χ3n) is 3.67. The highest BCUT2D eigenvalue weighted by molar-refractivity contribution is 7.10. The van der Waals surface area contributed by atoms with Crippen molar-refractivity contribution in [3.63, 3.8) is 0 Å². The normalized spacial score (nSPS) is 20.1. The molecule has 104 valence electrons. The topological polar surface area (TPSA) is 55.7 Å². The first kappa shape index (κ1) is 13.2. The molecule has 3 rings (SSSR count). The van der Waals surface area contributed by atoms with Crippen molar-refractivity contribution in [3.8, 4) is 0 Å².